The van der Waals surface area contributed by atoms with Crippen LogP contribution < -0.4 is 0 Å². The number of hydrogen-bond donors (Lipinski definition) is 0. The molecule has 13 atom stereocenters. The van der Waals surface area contributed by atoms with Crippen LogP contribution in [-0.4, -0.2) is 137 Å². The summed E-state index contributed by atoms with van der Waals surface area (Å²) in [6, 6.07) is 1.27. The lowest BCUT2D eigenvalue weighted by molar-refractivity contribution is -0.299. The number of ketones is 2. The highest BCUT2D eigenvalue weighted by molar-refractivity contribution is 6.00. The minimum absolute atomic E-state index is 0.0454. The average Bonchev–Trinajstić information content (AvgIpc) is 3.73. The molecule has 3 aliphatic heterocycles. The number of methoxy groups -OCH3 is 2. The van der Waals surface area contributed by atoms with Gasteiger partial charge in [-0.15, -0.1) is 0 Å². The Labute approximate surface area is 368 Å². The molecule has 0 N–H and O–H groups in total. The van der Waals surface area contributed by atoms with E-state index in [2.05, 4.69) is 20.5 Å². The van der Waals surface area contributed by atoms with Crippen LogP contribution in [0.1, 0.15) is 104 Å². The van der Waals surface area contributed by atoms with Gasteiger partial charge in [-0.3, -0.25) is 19.4 Å². The van der Waals surface area contributed by atoms with E-state index in [0.717, 1.165) is 28.2 Å². The molecular formula is C47H73N5O10. The van der Waals surface area contributed by atoms with Crippen LogP contribution in [0.15, 0.2) is 18.6 Å². The van der Waals surface area contributed by atoms with Gasteiger partial charge >= 0.3 is 12.1 Å². The summed E-state index contributed by atoms with van der Waals surface area (Å²) in [7, 11) is 7.09. The molecule has 5 heterocycles. The van der Waals surface area contributed by atoms with Crippen molar-refractivity contribution >= 4 is 23.6 Å². The largest absolute Gasteiger partial charge is 0.458 e. The number of unbranched alkanes of at least 4 members (excludes halogenated alkanes) is 1. The third-order valence-corrected chi connectivity index (χ3v) is 14.2. The minimum atomic E-state index is -1.39. The van der Waals surface area contributed by atoms with Gasteiger partial charge in [0.2, 0.25) is 0 Å². The summed E-state index contributed by atoms with van der Waals surface area (Å²) < 4.78 is 40.0. The zero-order valence-electron chi connectivity index (χ0n) is 39.9. The van der Waals surface area contributed by atoms with Crippen molar-refractivity contribution in [2.75, 3.05) is 34.9 Å². The fraction of sp³-hybridized carbons (Fsp3) is 0.745. The molecule has 0 aliphatic carbocycles. The van der Waals surface area contributed by atoms with E-state index >= 15 is 0 Å². The van der Waals surface area contributed by atoms with Gasteiger partial charge in [0.15, 0.2) is 17.7 Å². The molecule has 0 aromatic carbocycles. The lowest BCUT2D eigenvalue weighted by atomic mass is 9.73. The summed E-state index contributed by atoms with van der Waals surface area (Å²) in [6.45, 7) is 21.3. The van der Waals surface area contributed by atoms with Crippen LogP contribution in [0.2, 0.25) is 0 Å². The number of carbonyl (C=O) groups is 4. The van der Waals surface area contributed by atoms with Gasteiger partial charge in [-0.05, 0) is 106 Å². The second kappa shape index (κ2) is 20.0. The summed E-state index contributed by atoms with van der Waals surface area (Å²) in [6.07, 6.45) is 2.10. The number of pyridine rings is 1. The second-order valence-corrected chi connectivity index (χ2v) is 18.8. The Morgan fingerprint density at radius 3 is 2.23 bits per heavy atom. The van der Waals surface area contributed by atoms with Crippen molar-refractivity contribution < 1.29 is 47.6 Å². The van der Waals surface area contributed by atoms with Gasteiger partial charge in [0.05, 0.1) is 35.9 Å². The number of nitrogens with zero attached hydrogens (tertiary/aromatic N) is 5. The predicted octanol–water partition coefficient (Wildman–Crippen LogP) is 6.51. The quantitative estimate of drug-likeness (QED) is 0.129. The van der Waals surface area contributed by atoms with E-state index in [9.17, 15) is 19.2 Å². The number of ether oxygens (including phenoxy) is 6. The number of fused-ring (bicyclic) bond motifs is 1. The van der Waals surface area contributed by atoms with Crippen LogP contribution in [0.4, 0.5) is 4.79 Å². The van der Waals surface area contributed by atoms with Gasteiger partial charge in [-0.1, -0.05) is 27.7 Å². The molecule has 346 valence electrons. The highest BCUT2D eigenvalue weighted by atomic mass is 16.7. The number of imidazole rings is 1. The number of likely N-dealkylation sites (N-methyl/N-ethyl adjacent to an activating group) is 1. The first-order valence-electron chi connectivity index (χ1n) is 22.4. The Balaban J connectivity index is 1.44. The maximum Gasteiger partial charge on any atom is 0.410 e. The third kappa shape index (κ3) is 9.81. The molecule has 3 aliphatic rings. The fourth-order valence-corrected chi connectivity index (χ4v) is 10.2. The van der Waals surface area contributed by atoms with Crippen molar-refractivity contribution in [1.29, 1.82) is 0 Å². The van der Waals surface area contributed by atoms with E-state index in [1.807, 2.05) is 82.0 Å². The minimum Gasteiger partial charge on any atom is -0.458 e. The van der Waals surface area contributed by atoms with Crippen molar-refractivity contribution in [2.45, 2.75) is 169 Å². The second-order valence-electron chi connectivity index (χ2n) is 18.8. The van der Waals surface area contributed by atoms with Gasteiger partial charge in [0, 0.05) is 74.3 Å². The van der Waals surface area contributed by atoms with E-state index < -0.39 is 83.4 Å². The van der Waals surface area contributed by atoms with Crippen LogP contribution in [0, 0.1) is 44.4 Å². The first-order valence-corrected chi connectivity index (χ1v) is 22.4. The molecular weight excluding hydrogens is 795 g/mol. The summed E-state index contributed by atoms with van der Waals surface area (Å²) in [5.41, 5.74) is 2.33. The van der Waals surface area contributed by atoms with Crippen molar-refractivity contribution in [3.8, 4) is 11.3 Å². The number of aromatic nitrogens is 3. The molecule has 1 unspecified atom stereocenters. The van der Waals surface area contributed by atoms with Crippen LogP contribution in [0.25, 0.3) is 11.3 Å². The van der Waals surface area contributed by atoms with Crippen molar-refractivity contribution in [3.63, 3.8) is 0 Å². The Bertz CT molecular complexity index is 1920. The molecule has 62 heavy (non-hydrogen) atoms. The number of esters is 1. The van der Waals surface area contributed by atoms with Gasteiger partial charge in [0.25, 0.3) is 0 Å². The standard InChI is InChI=1S/C47H73N5O10/c1-16-36-47(11)41(52(45(56)62-47)20-18-17-19-51-25-49-37(33(51)9)34-21-26(2)32(8)48-24-34)29(5)38(53)27(3)23-46(10,58-15)42(30(6)39(54)31(7)43(55)60-36)61-44-40(57-14)35(50(12)13)22-28(4)59-44/h21,24-25,27-31,35-36,40-42,44H,16-20,22-23H2,1-15H3/t27-,28-,29+,30+,31-,35+,36-,40-,41-,42-,44?,46-,47-/m1/s1. The van der Waals surface area contributed by atoms with Gasteiger partial charge in [-0.25, -0.2) is 9.78 Å². The van der Waals surface area contributed by atoms with Crippen LogP contribution in [0.5, 0.6) is 0 Å². The molecule has 0 spiro atoms. The SMILES string of the molecule is CC[C@H]1OC(=O)[C@H](C)C(=O)[C@H](C)[C@@H](OC2O[C@H](C)C[C@H](N(C)C)[C@H]2OC)[C@](C)(OC)C[C@@H](C)C(=O)[C@H](C)[C@H]2N(CCCCn3cnc(-c4cnc(C)c(C)c4)c3C)C(=O)O[C@]12C. The highest BCUT2D eigenvalue weighted by Gasteiger charge is 2.60. The molecule has 5 rings (SSSR count). The number of rotatable bonds is 12. The van der Waals surface area contributed by atoms with Crippen molar-refractivity contribution in [2.24, 2.45) is 23.7 Å². The van der Waals surface area contributed by atoms with Gasteiger partial charge in [-0.2, -0.15) is 0 Å². The molecule has 15 nitrogen and oxygen atoms in total. The van der Waals surface area contributed by atoms with Crippen LogP contribution in [-0.2, 0) is 49.3 Å². The normalized spacial score (nSPS) is 35.2. The molecule has 1 amide bonds. The number of amides is 1. The fourth-order valence-electron chi connectivity index (χ4n) is 10.2. The molecule has 0 bridgehead atoms. The molecule has 0 radical (unpaired) electrons. The Morgan fingerprint density at radius 1 is 0.935 bits per heavy atom. The van der Waals surface area contributed by atoms with E-state index in [0.29, 0.717) is 32.4 Å². The maximum atomic E-state index is 14.9. The number of aryl methyl sites for hydroxylation is 3. The zero-order valence-corrected chi connectivity index (χ0v) is 39.9. The smallest absolute Gasteiger partial charge is 0.410 e. The average molecular weight is 868 g/mol. The van der Waals surface area contributed by atoms with Crippen molar-refractivity contribution in [3.05, 3.63) is 35.5 Å². The number of hydrogen-bond acceptors (Lipinski definition) is 13. The van der Waals surface area contributed by atoms with E-state index in [1.165, 1.54) is 14.0 Å². The first kappa shape index (κ1) is 49.3. The van der Waals surface area contributed by atoms with Gasteiger partial charge < -0.3 is 42.8 Å². The Hall–Kier alpha value is -3.76. The van der Waals surface area contributed by atoms with Crippen LogP contribution >= 0.6 is 0 Å². The monoisotopic (exact) mass is 868 g/mol. The zero-order chi connectivity index (χ0) is 46.0. The molecule has 3 fully saturated rings. The summed E-state index contributed by atoms with van der Waals surface area (Å²) in [4.78, 5) is 70.3. The van der Waals surface area contributed by atoms with E-state index in [-0.39, 0.29) is 30.8 Å². The third-order valence-electron chi connectivity index (χ3n) is 14.2. The van der Waals surface area contributed by atoms with Crippen molar-refractivity contribution in [1.82, 2.24) is 24.3 Å². The highest BCUT2D eigenvalue weighted by Crippen LogP contribution is 2.43. The molecule has 15 heteroatoms. The number of cyclic esters (lactones) is 1. The van der Waals surface area contributed by atoms with E-state index in [1.54, 1.807) is 25.9 Å². The van der Waals surface area contributed by atoms with Gasteiger partial charge in [0.1, 0.15) is 23.9 Å². The Morgan fingerprint density at radius 2 is 1.61 bits per heavy atom. The number of carbonyl (C=O) groups excluding carboxylic acids is 4. The lowest BCUT2D eigenvalue weighted by Gasteiger charge is -2.48. The summed E-state index contributed by atoms with van der Waals surface area (Å²) in [5, 5.41) is 0. The topological polar surface area (TPSA) is 161 Å². The summed E-state index contributed by atoms with van der Waals surface area (Å²) >= 11 is 0. The molecule has 2 aromatic rings. The molecule has 0 saturated carbocycles. The first-order chi connectivity index (χ1) is 29.1. The maximum absolute atomic E-state index is 14.9. The molecule has 2 aromatic heterocycles. The predicted molar refractivity (Wildman–Crippen MR) is 233 cm³/mol. The molecule has 3 saturated heterocycles. The van der Waals surface area contributed by atoms with Crippen LogP contribution in [0.3, 0.4) is 0 Å². The lowest BCUT2D eigenvalue weighted by Crippen LogP contribution is -2.60. The number of Topliss-reactive ketones (excluding diaryl/α,β-unsaturated/α-hetero) is 2. The summed E-state index contributed by atoms with van der Waals surface area (Å²) in [5.74, 6) is -4.73. The van der Waals surface area contributed by atoms with E-state index in [4.69, 9.17) is 33.4 Å². The Kier molecular flexibility index (Phi) is 15.9.